The minimum Gasteiger partial charge on any atom is -0.481 e. The smallest absolute Gasteiger partial charge is 0.381 e. The molecule has 0 radical (unpaired) electrons. The lowest BCUT2D eigenvalue weighted by atomic mass is 10.1. The van der Waals surface area contributed by atoms with Crippen LogP contribution in [0.2, 0.25) is 5.15 Å². The first-order chi connectivity index (χ1) is 50.7. The molecular formula is C69H87Cl5F9N6O18P. The van der Waals surface area contributed by atoms with Crippen molar-refractivity contribution in [1.29, 1.82) is 0 Å². The third-order valence-electron chi connectivity index (χ3n) is 11.3. The summed E-state index contributed by atoms with van der Waals surface area (Å²) >= 11 is 25.3. The van der Waals surface area contributed by atoms with Gasteiger partial charge >= 0.3 is 52.8 Å². The summed E-state index contributed by atoms with van der Waals surface area (Å²) in [5.41, 5.74) is 11.6. The van der Waals surface area contributed by atoms with Crippen molar-refractivity contribution in [1.82, 2.24) is 19.9 Å². The lowest BCUT2D eigenvalue weighted by Crippen LogP contribution is -2.35. The number of alkyl halides is 8. The highest BCUT2D eigenvalue weighted by Crippen LogP contribution is 2.61. The topological polar surface area (TPSA) is 376 Å². The molecule has 0 bridgehead atoms. The number of ether oxygens (including phenoxy) is 6. The van der Waals surface area contributed by atoms with E-state index in [0.717, 1.165) is 18.2 Å². The molecule has 1 aliphatic carbocycles. The second-order valence-corrected chi connectivity index (χ2v) is 27.6. The van der Waals surface area contributed by atoms with Gasteiger partial charge < -0.3 is 60.2 Å². The fourth-order valence-corrected chi connectivity index (χ4v) is 7.04. The zero-order valence-electron chi connectivity index (χ0n) is 60.4. The highest BCUT2D eigenvalue weighted by Gasteiger charge is 2.43. The maximum absolute atomic E-state index is 13.7. The van der Waals surface area contributed by atoms with Crippen molar-refractivity contribution < 1.29 is 123 Å². The Morgan fingerprint density at radius 2 is 1.06 bits per heavy atom. The van der Waals surface area contributed by atoms with Gasteiger partial charge in [0.15, 0.2) is 10.8 Å². The molecule has 1 unspecified atom stereocenters. The number of fused-ring (bicyclic) bond motifs is 2. The summed E-state index contributed by atoms with van der Waals surface area (Å²) in [4.78, 5) is 99.0. The van der Waals surface area contributed by atoms with Crippen LogP contribution in [0.5, 0.6) is 0 Å². The Kier molecular flexibility index (Phi) is 58.0. The van der Waals surface area contributed by atoms with Crippen molar-refractivity contribution >= 4 is 137 Å². The van der Waals surface area contributed by atoms with Crippen molar-refractivity contribution in [2.75, 3.05) is 64.9 Å². The van der Waals surface area contributed by atoms with E-state index in [-0.39, 0.29) is 56.8 Å². The van der Waals surface area contributed by atoms with Crippen molar-refractivity contribution in [2.24, 2.45) is 5.92 Å². The van der Waals surface area contributed by atoms with E-state index in [1.54, 1.807) is 74.5 Å². The van der Waals surface area contributed by atoms with Crippen LogP contribution in [0.4, 0.5) is 50.9 Å². The standard InChI is InChI=1S/C12H9ClF2N2.C12H10F2N2O.C8H13ClO3.2C8H10F2O3.C6H8N2.C6H10O3.C5H8O3.C3H6O.CH3F.Cl3OP/c1-2-7-12(14,15)10-11(13)17-9-6-4-3-5-8(9)16-10;1-2-7-12(13,14)10-11(17)16-9-6-4-3-5-8(9)15-10;1-4-6-12-8(3,9)7(10)11-5-2;1-3-5-13-6(7(9)10)8(11)12-4-2;1-3-5-8(9,10)6(11)7(12)13-4-2;7-5-3-1-2-4-6(5)8;7-5-2-1-4(3-5)6(8)9;1-3-8-5(7)4(2)6;1-2-3-4;1-2;1-5(2,3)4/h2-6H,1,7H2;2-6H,1,7H2,(H,16,17);4H,1,5-6H2,2-3H3;2*3H,1,4-5H2,2H3;1-4H,7-8H2;4-5,7H,1-3H2,(H,8,9);3H2,1-2H3;2,4H,1,3H2;1H3;/t;;;;;;4-,5-;;;;/m......0..../s1/i;;;;;;;;;1D;. The van der Waals surface area contributed by atoms with Gasteiger partial charge in [-0.2, -0.15) is 35.1 Å². The Morgan fingerprint density at radius 1 is 0.657 bits per heavy atom. The lowest BCUT2D eigenvalue weighted by molar-refractivity contribution is -0.165. The molecule has 2 heterocycles. The summed E-state index contributed by atoms with van der Waals surface area (Å²) in [7, 11) is -1.00. The third kappa shape index (κ3) is 49.3. The lowest BCUT2D eigenvalue weighted by Gasteiger charge is -2.19. The van der Waals surface area contributed by atoms with E-state index in [4.69, 9.17) is 56.1 Å². The molecule has 0 spiro atoms. The number of carbonyl (C=O) groups is 7. The number of carboxylic acids is 1. The van der Waals surface area contributed by atoms with Gasteiger partial charge in [0.25, 0.3) is 23.2 Å². The van der Waals surface area contributed by atoms with Gasteiger partial charge in [0.1, 0.15) is 12.3 Å². The monoisotopic (exact) mass is 1670 g/mol. The van der Waals surface area contributed by atoms with Gasteiger partial charge in [-0.25, -0.2) is 34.1 Å². The number of nitrogens with zero attached hydrogens (tertiary/aromatic N) is 3. The van der Waals surface area contributed by atoms with Gasteiger partial charge in [-0.3, -0.25) is 28.1 Å². The molecule has 8 N–H and O–H groups in total. The van der Waals surface area contributed by atoms with Gasteiger partial charge in [0, 0.05) is 26.2 Å². The Labute approximate surface area is 643 Å². The number of esters is 4. The first kappa shape index (κ1) is 106. The first-order valence-corrected chi connectivity index (χ1v) is 36.0. The van der Waals surface area contributed by atoms with Crippen LogP contribution < -0.4 is 17.0 Å². The molecule has 1 saturated carbocycles. The highest BCUT2D eigenvalue weighted by molar-refractivity contribution is 8.24. The van der Waals surface area contributed by atoms with Gasteiger partial charge in [-0.1, -0.05) is 103 Å². The predicted molar refractivity (Wildman–Crippen MR) is 398 cm³/mol. The second kappa shape index (κ2) is 59.3. The van der Waals surface area contributed by atoms with Crippen LogP contribution in [-0.4, -0.2) is 147 Å². The summed E-state index contributed by atoms with van der Waals surface area (Å²) in [5.74, 6) is -18.6. The SMILES string of the molecule is C=CCC(F)(F)C(=O)C(=O)OCC.C=CCC(F)(F)c1nc2ccccc2[nH]c1=O.C=CCC(F)(F)c1nc2ccccc2nc1Cl.C=CCO.C=CCOC(C(=O)OCC)=C(F)F.C=CCOC(C)(Cl)C(=O)OCC.CCOC(=O)C(C)=O.Nc1ccccc1N.O=C(O)[C@H]1CC[C@H](O)C1.O=P(Cl)(Cl)Cl.[2H]CF. The summed E-state index contributed by atoms with van der Waals surface area (Å²) in [6, 6.07) is 20.5. The van der Waals surface area contributed by atoms with Crippen molar-refractivity contribution in [3.8, 4) is 0 Å². The minimum atomic E-state index is -3.70. The van der Waals surface area contributed by atoms with Gasteiger partial charge in [0.2, 0.25) is 10.8 Å². The first-order valence-electron chi connectivity index (χ1n) is 31.6. The van der Waals surface area contributed by atoms with Crippen molar-refractivity contribution in [3.63, 3.8) is 0 Å². The number of ketones is 2. The normalized spacial score (nSPS) is 12.8. The molecular weight excluding hydrogens is 1580 g/mol. The zero-order chi connectivity index (χ0) is 85.3. The molecule has 108 heavy (non-hydrogen) atoms. The van der Waals surface area contributed by atoms with E-state index in [9.17, 15) is 82.4 Å². The third-order valence-corrected chi connectivity index (χ3v) is 11.9. The second-order valence-electron chi connectivity index (χ2n) is 19.8. The molecule has 3 aromatic carbocycles. The number of Topliss-reactive ketones (excluding diaryl/α,β-unsaturated/α-hetero) is 2. The van der Waals surface area contributed by atoms with E-state index in [2.05, 4.69) is 117 Å². The Morgan fingerprint density at radius 3 is 1.44 bits per heavy atom. The molecule has 2 aromatic heterocycles. The summed E-state index contributed by atoms with van der Waals surface area (Å²) in [6.07, 6.45) is 4.45. The van der Waals surface area contributed by atoms with Gasteiger partial charge in [0.05, 0.1) is 93.6 Å². The van der Waals surface area contributed by atoms with Gasteiger partial charge in [-0.15, -0.1) is 32.9 Å². The number of para-hydroxylation sites is 6. The number of aromatic nitrogens is 4. The number of hydrogen-bond acceptors (Lipinski definition) is 22. The van der Waals surface area contributed by atoms with Crippen LogP contribution in [0.25, 0.3) is 22.1 Å². The molecule has 0 saturated heterocycles. The number of nitrogens with one attached hydrogen (secondary N) is 1. The van der Waals surface area contributed by atoms with Crippen LogP contribution in [-0.2, 0) is 78.4 Å². The summed E-state index contributed by atoms with van der Waals surface area (Å²) in [5, 5.41) is 20.2. The van der Waals surface area contributed by atoms with Crippen LogP contribution in [0, 0.1) is 5.92 Å². The van der Waals surface area contributed by atoms with E-state index >= 15 is 0 Å². The number of aliphatic carboxylic acids is 1. The van der Waals surface area contributed by atoms with E-state index in [1.807, 2.05) is 12.1 Å². The largest absolute Gasteiger partial charge is 0.481 e. The number of nitrogens with two attached hydrogens (primary N) is 2. The zero-order valence-corrected chi connectivity index (χ0v) is 64.1. The number of benzene rings is 3. The number of nitrogen functional groups attached to an aromatic ring is 2. The molecule has 6 rings (SSSR count). The van der Waals surface area contributed by atoms with E-state index in [1.165, 1.54) is 45.9 Å². The number of hydrogen-bond donors (Lipinski definition) is 6. The Hall–Kier alpha value is -8.66. The number of rotatable bonds is 25. The number of aliphatic hydroxyl groups excluding tert-OH is 2. The van der Waals surface area contributed by atoms with Crippen LogP contribution in [0.15, 0.2) is 165 Å². The number of halogens is 14. The number of allylic oxidation sites excluding steroid dienone is 3. The maximum atomic E-state index is 13.7. The molecule has 0 aliphatic heterocycles. The highest BCUT2D eigenvalue weighted by atomic mass is 36.0. The molecule has 24 nitrogen and oxygen atoms in total. The number of H-pyrrole nitrogens is 1. The molecule has 604 valence electrons. The number of anilines is 2. The predicted octanol–water partition coefficient (Wildman–Crippen LogP) is 16.2. The maximum Gasteiger partial charge on any atom is 0.381 e. The number of aliphatic hydroxyl groups is 2. The molecule has 1 fully saturated rings. The van der Waals surface area contributed by atoms with E-state index in [0.29, 0.717) is 59.3 Å². The minimum absolute atomic E-state index is 0.0209. The summed E-state index contributed by atoms with van der Waals surface area (Å²) < 4.78 is 156. The Balaban J connectivity index is -0.000000374. The molecule has 39 heteroatoms. The average molecular weight is 1670 g/mol. The van der Waals surface area contributed by atoms with Gasteiger partial charge in [-0.05, 0) is 124 Å². The molecule has 3 atom stereocenters. The molecule has 5 aromatic rings. The fourth-order valence-electron chi connectivity index (χ4n) is 6.65. The quantitative estimate of drug-likeness (QED) is 0.00302. The molecule has 1 aliphatic rings. The number of carboxylic acid groups (broad SMARTS) is 1. The van der Waals surface area contributed by atoms with Crippen LogP contribution in [0.1, 0.15) is 92.8 Å². The number of carbonyl (C=O) groups excluding carboxylic acids is 6. The van der Waals surface area contributed by atoms with E-state index < -0.39 is 125 Å². The number of aromatic amines is 1. The van der Waals surface area contributed by atoms with Crippen LogP contribution >= 0.6 is 62.1 Å². The fraction of sp³-hybridized carbons (Fsp3) is 0.377. The van der Waals surface area contributed by atoms with Crippen molar-refractivity contribution in [2.45, 2.75) is 109 Å². The van der Waals surface area contributed by atoms with Crippen molar-refractivity contribution in [3.05, 3.63) is 187 Å². The Bertz CT molecular complexity index is 3780. The summed E-state index contributed by atoms with van der Waals surface area (Å²) in [6.45, 7) is 29.0. The molecule has 0 amide bonds. The average Bonchev–Trinajstić information content (AvgIpc) is 0.885. The van der Waals surface area contributed by atoms with Crippen LogP contribution in [0.3, 0.4) is 0 Å².